The Labute approximate surface area is 105 Å². The SMILES string of the molecule is CCC(CC)CCCNc1cccc(N)c1N. The van der Waals surface area contributed by atoms with Crippen molar-refractivity contribution in [3.05, 3.63) is 18.2 Å². The van der Waals surface area contributed by atoms with Crippen molar-refractivity contribution in [2.24, 2.45) is 5.92 Å². The standard InChI is InChI=1S/C14H25N3/c1-3-11(4-2)7-6-10-17-13-9-5-8-12(15)14(13)16/h5,8-9,11,17H,3-4,6-7,10,15-16H2,1-2H3. The quantitative estimate of drug-likeness (QED) is 0.501. The van der Waals surface area contributed by atoms with Crippen LogP contribution in [-0.2, 0) is 0 Å². The molecule has 0 atom stereocenters. The zero-order valence-electron chi connectivity index (χ0n) is 11.0. The van der Waals surface area contributed by atoms with Gasteiger partial charge in [-0.15, -0.1) is 0 Å². The third kappa shape index (κ3) is 4.17. The summed E-state index contributed by atoms with van der Waals surface area (Å²) in [6, 6.07) is 5.72. The van der Waals surface area contributed by atoms with Crippen molar-refractivity contribution in [1.29, 1.82) is 0 Å². The molecule has 0 heterocycles. The van der Waals surface area contributed by atoms with Gasteiger partial charge in [-0.3, -0.25) is 0 Å². The first-order valence-electron chi connectivity index (χ1n) is 6.56. The lowest BCUT2D eigenvalue weighted by molar-refractivity contribution is 0.447. The number of nitrogen functional groups attached to an aromatic ring is 2. The summed E-state index contributed by atoms with van der Waals surface area (Å²) in [7, 11) is 0. The molecule has 0 radical (unpaired) electrons. The number of rotatable bonds is 7. The molecule has 0 aliphatic rings. The molecule has 0 fully saturated rings. The lowest BCUT2D eigenvalue weighted by Crippen LogP contribution is -2.07. The average molecular weight is 235 g/mol. The summed E-state index contributed by atoms with van der Waals surface area (Å²) >= 11 is 0. The van der Waals surface area contributed by atoms with Crippen LogP contribution >= 0.6 is 0 Å². The molecule has 0 saturated heterocycles. The van der Waals surface area contributed by atoms with Crippen molar-refractivity contribution in [3.63, 3.8) is 0 Å². The predicted molar refractivity (Wildman–Crippen MR) is 77.1 cm³/mol. The number of nitrogens with two attached hydrogens (primary N) is 2. The minimum atomic E-state index is 0.648. The Hall–Kier alpha value is -1.38. The van der Waals surface area contributed by atoms with Gasteiger partial charge in [0.05, 0.1) is 17.1 Å². The lowest BCUT2D eigenvalue weighted by Gasteiger charge is -2.14. The van der Waals surface area contributed by atoms with Crippen LogP contribution in [-0.4, -0.2) is 6.54 Å². The number of hydrogen-bond donors (Lipinski definition) is 3. The van der Waals surface area contributed by atoms with Gasteiger partial charge in [-0.2, -0.15) is 0 Å². The largest absolute Gasteiger partial charge is 0.397 e. The fraction of sp³-hybridized carbons (Fsp3) is 0.571. The molecular formula is C14H25N3. The molecule has 3 heteroatoms. The molecule has 1 rings (SSSR count). The molecule has 1 aromatic rings. The monoisotopic (exact) mass is 235 g/mol. The Morgan fingerprint density at radius 3 is 2.53 bits per heavy atom. The maximum Gasteiger partial charge on any atom is 0.0783 e. The molecule has 0 bridgehead atoms. The van der Waals surface area contributed by atoms with Gasteiger partial charge < -0.3 is 16.8 Å². The summed E-state index contributed by atoms with van der Waals surface area (Å²) in [5.74, 6) is 0.856. The van der Waals surface area contributed by atoms with Crippen molar-refractivity contribution < 1.29 is 0 Å². The van der Waals surface area contributed by atoms with Crippen molar-refractivity contribution in [2.45, 2.75) is 39.5 Å². The van der Waals surface area contributed by atoms with Crippen LogP contribution in [0, 0.1) is 5.92 Å². The molecule has 0 aromatic heterocycles. The molecule has 0 amide bonds. The van der Waals surface area contributed by atoms with E-state index in [4.69, 9.17) is 11.5 Å². The maximum atomic E-state index is 5.89. The van der Waals surface area contributed by atoms with Crippen LogP contribution in [0.2, 0.25) is 0 Å². The summed E-state index contributed by atoms with van der Waals surface area (Å²) in [5.41, 5.74) is 13.9. The number of anilines is 3. The van der Waals surface area contributed by atoms with Gasteiger partial charge in [0.25, 0.3) is 0 Å². The molecule has 0 saturated carbocycles. The maximum absolute atomic E-state index is 5.89. The Balaban J connectivity index is 2.33. The van der Waals surface area contributed by atoms with Crippen LogP contribution in [0.25, 0.3) is 0 Å². The molecule has 3 nitrogen and oxygen atoms in total. The second-order valence-electron chi connectivity index (χ2n) is 4.56. The number of nitrogens with one attached hydrogen (secondary N) is 1. The van der Waals surface area contributed by atoms with Gasteiger partial charge >= 0.3 is 0 Å². The van der Waals surface area contributed by atoms with Crippen LogP contribution < -0.4 is 16.8 Å². The molecule has 0 aliphatic heterocycles. The van der Waals surface area contributed by atoms with E-state index in [1.807, 2.05) is 18.2 Å². The van der Waals surface area contributed by atoms with Gasteiger partial charge in [-0.05, 0) is 30.9 Å². The van der Waals surface area contributed by atoms with E-state index < -0.39 is 0 Å². The molecule has 96 valence electrons. The second kappa shape index (κ2) is 7.05. The minimum absolute atomic E-state index is 0.648. The summed E-state index contributed by atoms with van der Waals surface area (Å²) in [6.45, 7) is 5.49. The second-order valence-corrected chi connectivity index (χ2v) is 4.56. The molecule has 1 aromatic carbocycles. The van der Waals surface area contributed by atoms with E-state index in [0.29, 0.717) is 11.4 Å². The highest BCUT2D eigenvalue weighted by Crippen LogP contribution is 2.24. The first-order chi connectivity index (χ1) is 8.19. The van der Waals surface area contributed by atoms with Crippen LogP contribution in [0.15, 0.2) is 18.2 Å². The lowest BCUT2D eigenvalue weighted by atomic mass is 9.98. The van der Waals surface area contributed by atoms with E-state index in [1.54, 1.807) is 0 Å². The number of benzene rings is 1. The Bertz CT molecular complexity index is 332. The molecular weight excluding hydrogens is 210 g/mol. The van der Waals surface area contributed by atoms with Crippen molar-refractivity contribution in [1.82, 2.24) is 0 Å². The van der Waals surface area contributed by atoms with E-state index in [2.05, 4.69) is 19.2 Å². The van der Waals surface area contributed by atoms with E-state index in [0.717, 1.165) is 18.2 Å². The average Bonchev–Trinajstić information content (AvgIpc) is 2.34. The minimum Gasteiger partial charge on any atom is -0.397 e. The summed E-state index contributed by atoms with van der Waals surface area (Å²) in [6.07, 6.45) is 5.01. The Morgan fingerprint density at radius 1 is 1.18 bits per heavy atom. The van der Waals surface area contributed by atoms with Gasteiger partial charge in [0.15, 0.2) is 0 Å². The van der Waals surface area contributed by atoms with Gasteiger partial charge in [-0.25, -0.2) is 0 Å². The highest BCUT2D eigenvalue weighted by Gasteiger charge is 2.04. The predicted octanol–water partition coefficient (Wildman–Crippen LogP) is 3.48. The number of hydrogen-bond acceptors (Lipinski definition) is 3. The molecule has 0 spiro atoms. The van der Waals surface area contributed by atoms with E-state index >= 15 is 0 Å². The van der Waals surface area contributed by atoms with Crippen molar-refractivity contribution in [2.75, 3.05) is 23.3 Å². The Morgan fingerprint density at radius 2 is 1.88 bits per heavy atom. The zero-order valence-corrected chi connectivity index (χ0v) is 11.0. The topological polar surface area (TPSA) is 64.1 Å². The molecule has 5 N–H and O–H groups in total. The fourth-order valence-corrected chi connectivity index (χ4v) is 2.05. The Kier molecular flexibility index (Phi) is 5.67. The summed E-state index contributed by atoms with van der Waals surface area (Å²) in [4.78, 5) is 0. The highest BCUT2D eigenvalue weighted by molar-refractivity contribution is 5.78. The van der Waals surface area contributed by atoms with Gasteiger partial charge in [-0.1, -0.05) is 32.8 Å². The fourth-order valence-electron chi connectivity index (χ4n) is 2.05. The van der Waals surface area contributed by atoms with E-state index in [1.165, 1.54) is 25.7 Å². The third-order valence-corrected chi connectivity index (χ3v) is 3.40. The molecule has 0 aliphatic carbocycles. The first-order valence-corrected chi connectivity index (χ1v) is 6.56. The van der Waals surface area contributed by atoms with Crippen LogP contribution in [0.4, 0.5) is 17.1 Å². The van der Waals surface area contributed by atoms with Crippen molar-refractivity contribution in [3.8, 4) is 0 Å². The van der Waals surface area contributed by atoms with E-state index in [9.17, 15) is 0 Å². The van der Waals surface area contributed by atoms with Crippen LogP contribution in [0.1, 0.15) is 39.5 Å². The van der Waals surface area contributed by atoms with Crippen LogP contribution in [0.3, 0.4) is 0 Å². The van der Waals surface area contributed by atoms with Gasteiger partial charge in [0.2, 0.25) is 0 Å². The summed E-state index contributed by atoms with van der Waals surface area (Å²) < 4.78 is 0. The smallest absolute Gasteiger partial charge is 0.0783 e. The van der Waals surface area contributed by atoms with Gasteiger partial charge in [0, 0.05) is 6.54 Å². The molecule has 0 unspecified atom stereocenters. The summed E-state index contributed by atoms with van der Waals surface area (Å²) in [5, 5.41) is 3.35. The normalized spacial score (nSPS) is 10.8. The zero-order chi connectivity index (χ0) is 12.7. The van der Waals surface area contributed by atoms with E-state index in [-0.39, 0.29) is 0 Å². The van der Waals surface area contributed by atoms with Crippen LogP contribution in [0.5, 0.6) is 0 Å². The first kappa shape index (κ1) is 13.7. The highest BCUT2D eigenvalue weighted by atomic mass is 14.9. The number of para-hydroxylation sites is 1. The van der Waals surface area contributed by atoms with Crippen molar-refractivity contribution >= 4 is 17.1 Å². The molecule has 17 heavy (non-hydrogen) atoms. The van der Waals surface area contributed by atoms with Gasteiger partial charge in [0.1, 0.15) is 0 Å². The third-order valence-electron chi connectivity index (χ3n) is 3.40.